The minimum Gasteiger partial charge on any atom is -0.463 e. The van der Waals surface area contributed by atoms with Crippen LogP contribution in [0.1, 0.15) is 56.7 Å². The van der Waals surface area contributed by atoms with Gasteiger partial charge in [-0.1, -0.05) is 42.3 Å². The molecule has 1 heterocycles. The Morgan fingerprint density at radius 2 is 2.24 bits per heavy atom. The number of aryl methyl sites for hydroxylation is 1. The first-order valence-corrected chi connectivity index (χ1v) is 7.02. The summed E-state index contributed by atoms with van der Waals surface area (Å²) in [6.07, 6.45) is 5.43. The van der Waals surface area contributed by atoms with Crippen LogP contribution in [0.2, 0.25) is 0 Å². The molecule has 0 saturated carbocycles. The van der Waals surface area contributed by atoms with Gasteiger partial charge >= 0.3 is 0 Å². The third-order valence-corrected chi connectivity index (χ3v) is 3.12. The van der Waals surface area contributed by atoms with Crippen molar-refractivity contribution in [1.29, 1.82) is 0 Å². The van der Waals surface area contributed by atoms with Crippen LogP contribution in [0.15, 0.2) is 27.6 Å². The molecule has 1 N–H and O–H groups in total. The fraction of sp³-hybridized carbons (Fsp3) is 0.571. The lowest BCUT2D eigenvalue weighted by Gasteiger charge is -2.06. The van der Waals surface area contributed by atoms with Crippen LogP contribution in [0.5, 0.6) is 0 Å². The van der Waals surface area contributed by atoms with E-state index in [9.17, 15) is 5.11 Å². The Kier molecular flexibility index (Phi) is 6.60. The van der Waals surface area contributed by atoms with Crippen molar-refractivity contribution < 1.29 is 9.52 Å². The Labute approximate surface area is 112 Å². The normalized spacial score (nSPS) is 12.6. The van der Waals surface area contributed by atoms with Crippen molar-refractivity contribution in [3.05, 3.63) is 34.7 Å². The van der Waals surface area contributed by atoms with E-state index in [0.29, 0.717) is 12.2 Å². The zero-order chi connectivity index (χ0) is 12.7. The summed E-state index contributed by atoms with van der Waals surface area (Å²) in [6.45, 7) is 5.94. The number of unbranched alkanes of at least 4 members (excludes halogenated alkanes) is 2. The summed E-state index contributed by atoms with van der Waals surface area (Å²) in [4.78, 5) is 0. The van der Waals surface area contributed by atoms with Gasteiger partial charge in [-0.15, -0.1) is 0 Å². The van der Waals surface area contributed by atoms with E-state index in [4.69, 9.17) is 4.42 Å². The predicted molar refractivity (Wildman–Crippen MR) is 74.2 cm³/mol. The van der Waals surface area contributed by atoms with Gasteiger partial charge in [0.15, 0.2) is 0 Å². The molecule has 0 radical (unpaired) electrons. The highest BCUT2D eigenvalue weighted by molar-refractivity contribution is 9.11. The van der Waals surface area contributed by atoms with Crippen molar-refractivity contribution in [3.8, 4) is 0 Å². The van der Waals surface area contributed by atoms with E-state index in [-0.39, 0.29) is 0 Å². The molecule has 3 heteroatoms. The molecule has 0 aromatic carbocycles. The number of aliphatic hydroxyl groups excluding tert-OH is 1. The van der Waals surface area contributed by atoms with E-state index in [1.807, 2.05) is 12.1 Å². The second-order valence-corrected chi connectivity index (χ2v) is 5.45. The molecule has 0 spiro atoms. The van der Waals surface area contributed by atoms with Crippen molar-refractivity contribution >= 4 is 15.9 Å². The highest BCUT2D eigenvalue weighted by Gasteiger charge is 2.12. The van der Waals surface area contributed by atoms with Gasteiger partial charge in [-0.25, -0.2) is 0 Å². The van der Waals surface area contributed by atoms with Crippen LogP contribution in [0.4, 0.5) is 0 Å². The summed E-state index contributed by atoms with van der Waals surface area (Å²) in [5.74, 6) is 1.65. The maximum absolute atomic E-state index is 9.90. The molecule has 0 amide bonds. The lowest BCUT2D eigenvalue weighted by Crippen LogP contribution is -1.95. The molecule has 1 aromatic rings. The van der Waals surface area contributed by atoms with Crippen molar-refractivity contribution in [2.45, 2.75) is 51.6 Å². The lowest BCUT2D eigenvalue weighted by molar-refractivity contribution is 0.139. The SMILES string of the molecule is C=C(Br)CC[C@H](O)c1ccc(CCCCC)o1. The number of hydrogen-bond donors (Lipinski definition) is 1. The maximum Gasteiger partial charge on any atom is 0.132 e. The van der Waals surface area contributed by atoms with E-state index in [1.54, 1.807) is 0 Å². The fourth-order valence-corrected chi connectivity index (χ4v) is 1.92. The molecule has 0 unspecified atom stereocenters. The van der Waals surface area contributed by atoms with Gasteiger partial charge in [0.1, 0.15) is 17.6 Å². The summed E-state index contributed by atoms with van der Waals surface area (Å²) in [6, 6.07) is 3.85. The van der Waals surface area contributed by atoms with Gasteiger partial charge in [0.05, 0.1) is 0 Å². The molecule has 2 nitrogen and oxygen atoms in total. The Hall–Kier alpha value is -0.540. The van der Waals surface area contributed by atoms with E-state index in [0.717, 1.165) is 29.5 Å². The van der Waals surface area contributed by atoms with Gasteiger partial charge in [-0.3, -0.25) is 0 Å². The quantitative estimate of drug-likeness (QED) is 0.704. The van der Waals surface area contributed by atoms with Crippen LogP contribution in [0.25, 0.3) is 0 Å². The Balaban J connectivity index is 2.40. The maximum atomic E-state index is 9.90. The summed E-state index contributed by atoms with van der Waals surface area (Å²) >= 11 is 3.29. The number of allylic oxidation sites excluding steroid dienone is 1. The molecule has 0 bridgehead atoms. The third kappa shape index (κ3) is 5.55. The smallest absolute Gasteiger partial charge is 0.132 e. The first-order chi connectivity index (χ1) is 8.13. The monoisotopic (exact) mass is 300 g/mol. The van der Waals surface area contributed by atoms with Crippen molar-refractivity contribution in [1.82, 2.24) is 0 Å². The summed E-state index contributed by atoms with van der Waals surface area (Å²) in [7, 11) is 0. The van der Waals surface area contributed by atoms with Gasteiger partial charge in [0, 0.05) is 6.42 Å². The van der Waals surface area contributed by atoms with Gasteiger partial charge in [0.25, 0.3) is 0 Å². The van der Waals surface area contributed by atoms with Crippen molar-refractivity contribution in [3.63, 3.8) is 0 Å². The van der Waals surface area contributed by atoms with Gasteiger partial charge in [-0.2, -0.15) is 0 Å². The molecule has 0 fully saturated rings. The third-order valence-electron chi connectivity index (χ3n) is 2.73. The highest BCUT2D eigenvalue weighted by atomic mass is 79.9. The van der Waals surface area contributed by atoms with Crippen LogP contribution in [-0.2, 0) is 6.42 Å². The first-order valence-electron chi connectivity index (χ1n) is 6.23. The number of hydrogen-bond acceptors (Lipinski definition) is 2. The molecule has 96 valence electrons. The molecule has 0 aliphatic heterocycles. The fourth-order valence-electron chi connectivity index (χ4n) is 1.69. The van der Waals surface area contributed by atoms with Gasteiger partial charge in [0.2, 0.25) is 0 Å². The summed E-state index contributed by atoms with van der Waals surface area (Å²) in [5.41, 5.74) is 0. The lowest BCUT2D eigenvalue weighted by atomic mass is 10.1. The predicted octanol–water partition coefficient (Wildman–Crippen LogP) is 4.73. The minimum atomic E-state index is -0.524. The number of halogens is 1. The highest BCUT2D eigenvalue weighted by Crippen LogP contribution is 2.24. The topological polar surface area (TPSA) is 33.4 Å². The van der Waals surface area contributed by atoms with Crippen LogP contribution in [0.3, 0.4) is 0 Å². The minimum absolute atomic E-state index is 0.524. The average molecular weight is 301 g/mol. The first kappa shape index (κ1) is 14.5. The molecule has 0 saturated heterocycles. The zero-order valence-electron chi connectivity index (χ0n) is 10.4. The van der Waals surface area contributed by atoms with E-state index in [2.05, 4.69) is 29.4 Å². The Bertz CT molecular complexity index is 344. The van der Waals surface area contributed by atoms with Crippen LogP contribution < -0.4 is 0 Å². The summed E-state index contributed by atoms with van der Waals surface area (Å²) < 4.78 is 6.54. The van der Waals surface area contributed by atoms with Crippen LogP contribution in [0, 0.1) is 0 Å². The Morgan fingerprint density at radius 1 is 1.47 bits per heavy atom. The molecule has 17 heavy (non-hydrogen) atoms. The average Bonchev–Trinajstić information content (AvgIpc) is 2.75. The molecule has 0 aliphatic rings. The van der Waals surface area contributed by atoms with Gasteiger partial charge < -0.3 is 9.52 Å². The van der Waals surface area contributed by atoms with Crippen molar-refractivity contribution in [2.75, 3.05) is 0 Å². The van der Waals surface area contributed by atoms with E-state index < -0.39 is 6.10 Å². The zero-order valence-corrected chi connectivity index (χ0v) is 12.0. The Morgan fingerprint density at radius 3 is 2.88 bits per heavy atom. The molecule has 1 aromatic heterocycles. The molecular weight excluding hydrogens is 280 g/mol. The molecule has 0 aliphatic carbocycles. The molecule has 1 atom stereocenters. The van der Waals surface area contributed by atoms with Crippen molar-refractivity contribution in [2.24, 2.45) is 0 Å². The standard InChI is InChI=1S/C14H21BrO2/c1-3-4-5-6-12-8-10-14(17-12)13(16)9-7-11(2)15/h8,10,13,16H,2-7,9H2,1H3/t13-/m0/s1. The molecule has 1 rings (SSSR count). The number of rotatable bonds is 8. The molecular formula is C14H21BrO2. The second-order valence-electron chi connectivity index (χ2n) is 4.33. The van der Waals surface area contributed by atoms with E-state index >= 15 is 0 Å². The second kappa shape index (κ2) is 7.72. The summed E-state index contributed by atoms with van der Waals surface area (Å²) in [5, 5.41) is 9.90. The number of furan rings is 1. The van der Waals surface area contributed by atoms with Gasteiger partial charge in [-0.05, 0) is 35.9 Å². The largest absolute Gasteiger partial charge is 0.463 e. The van der Waals surface area contributed by atoms with Crippen LogP contribution in [-0.4, -0.2) is 5.11 Å². The number of aliphatic hydroxyl groups is 1. The van der Waals surface area contributed by atoms with Crippen LogP contribution >= 0.6 is 15.9 Å². The van der Waals surface area contributed by atoms with E-state index in [1.165, 1.54) is 12.8 Å².